The zero-order valence-electron chi connectivity index (χ0n) is 17.7. The van der Waals surface area contributed by atoms with Crippen molar-refractivity contribution in [2.75, 3.05) is 44.3 Å². The zero-order valence-corrected chi connectivity index (χ0v) is 17.7. The van der Waals surface area contributed by atoms with Crippen LogP contribution in [0.15, 0.2) is 24.3 Å². The van der Waals surface area contributed by atoms with Gasteiger partial charge < -0.3 is 24.5 Å². The normalized spacial score (nSPS) is 14.6. The number of phenolic OH excluding ortho intramolecular Hbond substituents is 1. The van der Waals surface area contributed by atoms with Crippen molar-refractivity contribution in [3.05, 3.63) is 46.8 Å². The van der Waals surface area contributed by atoms with E-state index in [9.17, 15) is 14.7 Å². The lowest BCUT2D eigenvalue weighted by atomic mass is 10.1. The fraction of sp³-hybridized carbons (Fsp3) is 0.455. The Labute approximate surface area is 176 Å². The zero-order chi connectivity index (χ0) is 21.7. The van der Waals surface area contributed by atoms with Crippen molar-refractivity contribution in [2.45, 2.75) is 27.3 Å². The maximum absolute atomic E-state index is 12.5. The van der Waals surface area contributed by atoms with E-state index < -0.39 is 11.9 Å². The molecular formula is C22H29N3O5. The van der Waals surface area contributed by atoms with Crippen LogP contribution in [0.25, 0.3) is 0 Å². The van der Waals surface area contributed by atoms with Crippen molar-refractivity contribution in [2.24, 2.45) is 0 Å². The van der Waals surface area contributed by atoms with Crippen molar-refractivity contribution >= 4 is 17.6 Å². The Morgan fingerprint density at radius 2 is 1.60 bits per heavy atom. The Hall–Kier alpha value is -3.00. The molecule has 1 fully saturated rings. The van der Waals surface area contributed by atoms with E-state index in [-0.39, 0.29) is 19.0 Å². The number of nitrogens with one attached hydrogen (secondary N) is 1. The van der Waals surface area contributed by atoms with E-state index >= 15 is 0 Å². The third kappa shape index (κ3) is 4.76. The number of piperazine rings is 1. The highest BCUT2D eigenvalue weighted by molar-refractivity contribution is 5.98. The van der Waals surface area contributed by atoms with Crippen LogP contribution in [0.1, 0.15) is 46.0 Å². The van der Waals surface area contributed by atoms with Crippen LogP contribution in [0.5, 0.6) is 5.75 Å². The van der Waals surface area contributed by atoms with Gasteiger partial charge in [-0.15, -0.1) is 0 Å². The minimum absolute atomic E-state index is 0.253. The van der Waals surface area contributed by atoms with Crippen LogP contribution in [-0.4, -0.2) is 66.3 Å². The molecule has 1 aliphatic heterocycles. The van der Waals surface area contributed by atoms with Gasteiger partial charge in [0.05, 0.1) is 18.8 Å². The molecular weight excluding hydrogens is 386 g/mol. The van der Waals surface area contributed by atoms with Gasteiger partial charge in [-0.1, -0.05) is 0 Å². The molecule has 1 aliphatic rings. The number of carbonyl (C=O) groups is 2. The molecule has 2 heterocycles. The molecule has 3 rings (SSSR count). The van der Waals surface area contributed by atoms with Gasteiger partial charge in [0, 0.05) is 44.1 Å². The number of nitrogens with zero attached hydrogens (tertiary/aromatic N) is 2. The van der Waals surface area contributed by atoms with Crippen molar-refractivity contribution in [3.63, 3.8) is 0 Å². The van der Waals surface area contributed by atoms with Gasteiger partial charge in [0.15, 0.2) is 0 Å². The summed E-state index contributed by atoms with van der Waals surface area (Å²) in [6, 6.07) is 7.19. The molecule has 0 bridgehead atoms. The quantitative estimate of drug-likeness (QED) is 0.672. The molecule has 0 atom stereocenters. The van der Waals surface area contributed by atoms with Crippen LogP contribution in [0.4, 0.5) is 5.69 Å². The molecule has 0 saturated carbocycles. The number of rotatable bonds is 7. The van der Waals surface area contributed by atoms with Gasteiger partial charge in [0.1, 0.15) is 11.4 Å². The summed E-state index contributed by atoms with van der Waals surface area (Å²) in [5.41, 5.74) is 3.02. The fourth-order valence-corrected chi connectivity index (χ4v) is 3.72. The Bertz CT molecular complexity index is 883. The van der Waals surface area contributed by atoms with Crippen LogP contribution >= 0.6 is 0 Å². The number of anilines is 1. The summed E-state index contributed by atoms with van der Waals surface area (Å²) in [6.45, 7) is 9.54. The Balaban J connectivity index is 1.74. The highest BCUT2D eigenvalue weighted by Gasteiger charge is 2.27. The van der Waals surface area contributed by atoms with E-state index in [1.165, 1.54) is 0 Å². The van der Waals surface area contributed by atoms with Gasteiger partial charge in [-0.05, 0) is 50.6 Å². The number of H-pyrrole nitrogens is 1. The number of esters is 2. The predicted octanol–water partition coefficient (Wildman–Crippen LogP) is 2.70. The van der Waals surface area contributed by atoms with Crippen LogP contribution < -0.4 is 4.90 Å². The summed E-state index contributed by atoms with van der Waals surface area (Å²) in [6.07, 6.45) is 0. The Kier molecular flexibility index (Phi) is 6.99. The third-order valence-corrected chi connectivity index (χ3v) is 5.26. The smallest absolute Gasteiger partial charge is 0.355 e. The van der Waals surface area contributed by atoms with E-state index in [0.29, 0.717) is 29.1 Å². The molecule has 1 aromatic carbocycles. The summed E-state index contributed by atoms with van der Waals surface area (Å²) in [4.78, 5) is 32.4. The molecule has 0 spiro atoms. The Morgan fingerprint density at radius 3 is 2.20 bits per heavy atom. The maximum atomic E-state index is 12.5. The van der Waals surface area contributed by atoms with Gasteiger partial charge in [-0.3, -0.25) is 4.90 Å². The Morgan fingerprint density at radius 1 is 1.00 bits per heavy atom. The first kappa shape index (κ1) is 21.7. The highest BCUT2D eigenvalue weighted by Crippen LogP contribution is 2.24. The minimum Gasteiger partial charge on any atom is -0.508 e. The van der Waals surface area contributed by atoms with Gasteiger partial charge >= 0.3 is 11.9 Å². The summed E-state index contributed by atoms with van der Waals surface area (Å²) in [5.74, 6) is -0.646. The second-order valence-corrected chi connectivity index (χ2v) is 7.20. The van der Waals surface area contributed by atoms with Crippen LogP contribution in [-0.2, 0) is 16.0 Å². The molecule has 30 heavy (non-hydrogen) atoms. The number of carbonyl (C=O) groups excluding carboxylic acids is 2. The van der Waals surface area contributed by atoms with Crippen molar-refractivity contribution in [1.29, 1.82) is 0 Å². The SMILES string of the molecule is CCOC(=O)c1[nH]c(CN2CCN(c3ccc(O)cc3)CC2)c(C(=O)OCC)c1C. The summed E-state index contributed by atoms with van der Waals surface area (Å²) in [5, 5.41) is 9.47. The number of hydrogen-bond donors (Lipinski definition) is 2. The van der Waals surface area contributed by atoms with Crippen molar-refractivity contribution in [1.82, 2.24) is 9.88 Å². The molecule has 8 heteroatoms. The highest BCUT2D eigenvalue weighted by atomic mass is 16.5. The van der Waals surface area contributed by atoms with E-state index in [0.717, 1.165) is 31.9 Å². The van der Waals surface area contributed by atoms with Gasteiger partial charge in [0.2, 0.25) is 0 Å². The van der Waals surface area contributed by atoms with Gasteiger partial charge in [0.25, 0.3) is 0 Å². The first-order valence-corrected chi connectivity index (χ1v) is 10.3. The topological polar surface area (TPSA) is 95.1 Å². The predicted molar refractivity (Wildman–Crippen MR) is 113 cm³/mol. The first-order valence-electron chi connectivity index (χ1n) is 10.3. The van der Waals surface area contributed by atoms with E-state index in [2.05, 4.69) is 14.8 Å². The van der Waals surface area contributed by atoms with Crippen molar-refractivity contribution < 1.29 is 24.2 Å². The van der Waals surface area contributed by atoms with Crippen LogP contribution in [0, 0.1) is 6.92 Å². The summed E-state index contributed by atoms with van der Waals surface area (Å²) in [7, 11) is 0. The van der Waals surface area contributed by atoms with Crippen LogP contribution in [0.2, 0.25) is 0 Å². The number of ether oxygens (including phenoxy) is 2. The maximum Gasteiger partial charge on any atom is 0.355 e. The number of hydrogen-bond acceptors (Lipinski definition) is 7. The molecule has 0 unspecified atom stereocenters. The largest absolute Gasteiger partial charge is 0.508 e. The average Bonchev–Trinajstić information content (AvgIpc) is 3.05. The monoisotopic (exact) mass is 415 g/mol. The average molecular weight is 415 g/mol. The summed E-state index contributed by atoms with van der Waals surface area (Å²) < 4.78 is 10.3. The second-order valence-electron chi connectivity index (χ2n) is 7.20. The fourth-order valence-electron chi connectivity index (χ4n) is 3.72. The molecule has 162 valence electrons. The molecule has 0 aliphatic carbocycles. The first-order chi connectivity index (χ1) is 14.4. The van der Waals surface area contributed by atoms with Gasteiger partial charge in [-0.2, -0.15) is 0 Å². The molecule has 0 amide bonds. The van der Waals surface area contributed by atoms with Gasteiger partial charge in [-0.25, -0.2) is 9.59 Å². The number of aromatic hydroxyl groups is 1. The molecule has 2 aromatic rings. The molecule has 1 aromatic heterocycles. The summed E-state index contributed by atoms with van der Waals surface area (Å²) >= 11 is 0. The lowest BCUT2D eigenvalue weighted by Crippen LogP contribution is -2.46. The number of benzene rings is 1. The molecule has 2 N–H and O–H groups in total. The standard InChI is InChI=1S/C22H29N3O5/c1-4-29-21(27)19-15(3)20(22(28)30-5-2)23-18(19)14-24-10-12-25(13-11-24)16-6-8-17(26)9-7-16/h6-9,23,26H,4-5,10-14H2,1-3H3. The molecule has 8 nitrogen and oxygen atoms in total. The van der Waals surface area contributed by atoms with Crippen molar-refractivity contribution in [3.8, 4) is 5.75 Å². The minimum atomic E-state index is -0.469. The second kappa shape index (κ2) is 9.67. The number of aromatic nitrogens is 1. The van der Waals surface area contributed by atoms with E-state index in [1.807, 2.05) is 12.1 Å². The lowest BCUT2D eigenvalue weighted by molar-refractivity contribution is 0.0517. The number of aromatic amines is 1. The van der Waals surface area contributed by atoms with E-state index in [4.69, 9.17) is 9.47 Å². The lowest BCUT2D eigenvalue weighted by Gasteiger charge is -2.36. The number of phenols is 1. The third-order valence-electron chi connectivity index (χ3n) is 5.26. The van der Waals surface area contributed by atoms with E-state index in [1.54, 1.807) is 32.9 Å². The molecule has 1 saturated heterocycles. The van der Waals surface area contributed by atoms with Crippen LogP contribution in [0.3, 0.4) is 0 Å². The molecule has 0 radical (unpaired) electrons.